The summed E-state index contributed by atoms with van der Waals surface area (Å²) in [7, 11) is 0. The summed E-state index contributed by atoms with van der Waals surface area (Å²) in [5.41, 5.74) is 5.30. The second-order valence-corrected chi connectivity index (χ2v) is 5.18. The van der Waals surface area contributed by atoms with Crippen LogP contribution in [0.25, 0.3) is 0 Å². The molecule has 5 nitrogen and oxygen atoms in total. The molecule has 1 rings (SSSR count). The first-order valence-electron chi connectivity index (χ1n) is 6.84. The van der Waals surface area contributed by atoms with Crippen LogP contribution in [0.1, 0.15) is 46.0 Å². The Labute approximate surface area is 109 Å². The van der Waals surface area contributed by atoms with Gasteiger partial charge in [0.2, 0.25) is 11.8 Å². The molecule has 1 saturated carbocycles. The lowest BCUT2D eigenvalue weighted by molar-refractivity contribution is -0.134. The molecule has 1 fully saturated rings. The van der Waals surface area contributed by atoms with Gasteiger partial charge < -0.3 is 16.4 Å². The van der Waals surface area contributed by atoms with Gasteiger partial charge in [0, 0.05) is 13.1 Å². The van der Waals surface area contributed by atoms with Gasteiger partial charge in [0.1, 0.15) is 6.04 Å². The van der Waals surface area contributed by atoms with Gasteiger partial charge in [0.15, 0.2) is 0 Å². The van der Waals surface area contributed by atoms with Crippen molar-refractivity contribution in [1.29, 1.82) is 0 Å². The highest BCUT2D eigenvalue weighted by molar-refractivity contribution is 5.90. The molecule has 0 aromatic heterocycles. The van der Waals surface area contributed by atoms with Crippen LogP contribution in [-0.2, 0) is 9.59 Å². The summed E-state index contributed by atoms with van der Waals surface area (Å²) >= 11 is 0. The van der Waals surface area contributed by atoms with Crippen LogP contribution >= 0.6 is 0 Å². The number of hydrogen-bond acceptors (Lipinski definition) is 3. The molecule has 0 radical (unpaired) electrons. The largest absolute Gasteiger partial charge is 0.354 e. The van der Waals surface area contributed by atoms with Crippen LogP contribution in [0.2, 0.25) is 0 Å². The summed E-state index contributed by atoms with van der Waals surface area (Å²) < 4.78 is 0. The van der Waals surface area contributed by atoms with Crippen LogP contribution in [0, 0.1) is 5.41 Å². The number of rotatable bonds is 6. The maximum Gasteiger partial charge on any atom is 0.242 e. The molecule has 5 heteroatoms. The highest BCUT2D eigenvalue weighted by atomic mass is 16.2. The van der Waals surface area contributed by atoms with Crippen molar-refractivity contribution in [3.63, 3.8) is 0 Å². The van der Waals surface area contributed by atoms with Crippen LogP contribution in [-0.4, -0.2) is 30.9 Å². The Hall–Kier alpha value is -1.10. The minimum absolute atomic E-state index is 0.0679. The van der Waals surface area contributed by atoms with Crippen molar-refractivity contribution in [2.75, 3.05) is 13.1 Å². The van der Waals surface area contributed by atoms with Crippen LogP contribution in [0.5, 0.6) is 0 Å². The van der Waals surface area contributed by atoms with E-state index in [1.54, 1.807) is 6.92 Å². The van der Waals surface area contributed by atoms with Gasteiger partial charge in [-0.25, -0.2) is 0 Å². The van der Waals surface area contributed by atoms with E-state index < -0.39 is 11.5 Å². The summed E-state index contributed by atoms with van der Waals surface area (Å²) in [6.45, 7) is 4.71. The van der Waals surface area contributed by atoms with Gasteiger partial charge in [-0.05, 0) is 26.2 Å². The monoisotopic (exact) mass is 255 g/mol. The fourth-order valence-electron chi connectivity index (χ4n) is 2.39. The first kappa shape index (κ1) is 15.0. The fourth-order valence-corrected chi connectivity index (χ4v) is 2.39. The zero-order valence-electron chi connectivity index (χ0n) is 11.4. The molecule has 4 N–H and O–H groups in total. The van der Waals surface area contributed by atoms with Crippen molar-refractivity contribution < 1.29 is 9.59 Å². The molecule has 0 saturated heterocycles. The maximum absolute atomic E-state index is 12.2. The van der Waals surface area contributed by atoms with Gasteiger partial charge in [-0.2, -0.15) is 0 Å². The van der Waals surface area contributed by atoms with Crippen molar-refractivity contribution in [3.8, 4) is 0 Å². The van der Waals surface area contributed by atoms with Gasteiger partial charge in [-0.3, -0.25) is 9.59 Å². The van der Waals surface area contributed by atoms with Crippen molar-refractivity contribution in [2.45, 2.75) is 52.0 Å². The molecule has 0 aliphatic heterocycles. The smallest absolute Gasteiger partial charge is 0.242 e. The molecular weight excluding hydrogens is 230 g/mol. The quantitative estimate of drug-likeness (QED) is 0.647. The van der Waals surface area contributed by atoms with Crippen LogP contribution in [0.4, 0.5) is 0 Å². The topological polar surface area (TPSA) is 84.2 Å². The fraction of sp³-hybridized carbons (Fsp3) is 0.846. The molecule has 1 aliphatic carbocycles. The predicted molar refractivity (Wildman–Crippen MR) is 70.9 cm³/mol. The van der Waals surface area contributed by atoms with E-state index in [9.17, 15) is 9.59 Å². The minimum Gasteiger partial charge on any atom is -0.354 e. The summed E-state index contributed by atoms with van der Waals surface area (Å²) in [6, 6.07) is -0.493. The molecule has 0 bridgehead atoms. The standard InChI is InChI=1S/C13H25N3O2/c1-3-8-15-11(17)10(2)16-12(18)13(9-14)6-4-5-7-13/h10H,3-9,14H2,1-2H3,(H,15,17)(H,16,18). The normalized spacial score (nSPS) is 19.3. The summed E-state index contributed by atoms with van der Waals surface area (Å²) in [6.07, 6.45) is 4.64. The lowest BCUT2D eigenvalue weighted by atomic mass is 9.85. The average molecular weight is 255 g/mol. The van der Waals surface area contributed by atoms with Gasteiger partial charge in [-0.1, -0.05) is 19.8 Å². The van der Waals surface area contributed by atoms with E-state index in [-0.39, 0.29) is 11.8 Å². The number of nitrogens with two attached hydrogens (primary N) is 1. The molecule has 1 aliphatic rings. The third kappa shape index (κ3) is 3.45. The number of carbonyl (C=O) groups is 2. The molecule has 1 unspecified atom stereocenters. The third-order valence-electron chi connectivity index (χ3n) is 3.72. The minimum atomic E-state index is -0.493. The molecule has 2 amide bonds. The number of carbonyl (C=O) groups excluding carboxylic acids is 2. The first-order valence-corrected chi connectivity index (χ1v) is 6.84. The van der Waals surface area contributed by atoms with E-state index in [0.717, 1.165) is 32.1 Å². The Morgan fingerprint density at radius 2 is 1.94 bits per heavy atom. The molecule has 104 valence electrons. The number of amides is 2. The zero-order valence-corrected chi connectivity index (χ0v) is 11.4. The average Bonchev–Trinajstić information content (AvgIpc) is 2.85. The van der Waals surface area contributed by atoms with Gasteiger partial charge in [0.05, 0.1) is 5.41 Å². The lowest BCUT2D eigenvalue weighted by Crippen LogP contribution is -2.51. The Morgan fingerprint density at radius 1 is 1.33 bits per heavy atom. The number of nitrogens with one attached hydrogen (secondary N) is 2. The van der Waals surface area contributed by atoms with Crippen molar-refractivity contribution in [1.82, 2.24) is 10.6 Å². The maximum atomic E-state index is 12.2. The van der Waals surface area contributed by atoms with Gasteiger partial charge >= 0.3 is 0 Å². The SMILES string of the molecule is CCCNC(=O)C(C)NC(=O)C1(CN)CCCC1. The molecule has 0 aromatic rings. The number of hydrogen-bond donors (Lipinski definition) is 3. The molecule has 18 heavy (non-hydrogen) atoms. The first-order chi connectivity index (χ1) is 8.55. The van der Waals surface area contributed by atoms with Crippen molar-refractivity contribution in [3.05, 3.63) is 0 Å². The van der Waals surface area contributed by atoms with E-state index in [1.807, 2.05) is 6.92 Å². The Morgan fingerprint density at radius 3 is 2.44 bits per heavy atom. The van der Waals surface area contributed by atoms with Gasteiger partial charge in [0.25, 0.3) is 0 Å². The highest BCUT2D eigenvalue weighted by Gasteiger charge is 2.40. The van der Waals surface area contributed by atoms with E-state index in [1.165, 1.54) is 0 Å². The lowest BCUT2D eigenvalue weighted by Gasteiger charge is -2.27. The van der Waals surface area contributed by atoms with Crippen molar-refractivity contribution >= 4 is 11.8 Å². The van der Waals surface area contributed by atoms with Crippen molar-refractivity contribution in [2.24, 2.45) is 11.1 Å². The predicted octanol–water partition coefficient (Wildman–Crippen LogP) is 0.536. The molecule has 1 atom stereocenters. The molecular formula is C13H25N3O2. The second kappa shape index (κ2) is 6.73. The van der Waals surface area contributed by atoms with Crippen LogP contribution in [0.3, 0.4) is 0 Å². The Kier molecular flexibility index (Phi) is 5.59. The zero-order chi connectivity index (χ0) is 13.6. The molecule has 0 heterocycles. The van der Waals surface area contributed by atoms with Crippen LogP contribution in [0.15, 0.2) is 0 Å². The molecule has 0 aromatic carbocycles. The Balaban J connectivity index is 2.50. The molecule has 0 spiro atoms. The van der Waals surface area contributed by atoms with Crippen LogP contribution < -0.4 is 16.4 Å². The highest BCUT2D eigenvalue weighted by Crippen LogP contribution is 2.37. The van der Waals surface area contributed by atoms with Gasteiger partial charge in [-0.15, -0.1) is 0 Å². The van der Waals surface area contributed by atoms with E-state index in [0.29, 0.717) is 13.1 Å². The second-order valence-electron chi connectivity index (χ2n) is 5.18. The van der Waals surface area contributed by atoms with E-state index >= 15 is 0 Å². The van der Waals surface area contributed by atoms with E-state index in [4.69, 9.17) is 5.73 Å². The summed E-state index contributed by atoms with van der Waals surface area (Å²) in [5.74, 6) is -0.197. The summed E-state index contributed by atoms with van der Waals surface area (Å²) in [5, 5.41) is 5.56. The third-order valence-corrected chi connectivity index (χ3v) is 3.72. The van der Waals surface area contributed by atoms with E-state index in [2.05, 4.69) is 10.6 Å². The summed E-state index contributed by atoms with van der Waals surface area (Å²) in [4.78, 5) is 23.9. The Bertz CT molecular complexity index is 299.